The summed E-state index contributed by atoms with van der Waals surface area (Å²) < 4.78 is 26.7. The Hall–Kier alpha value is -1.44. The van der Waals surface area contributed by atoms with Crippen LogP contribution in [-0.2, 0) is 14.8 Å². The van der Waals surface area contributed by atoms with Crippen molar-refractivity contribution in [3.63, 3.8) is 0 Å². The first-order chi connectivity index (χ1) is 9.77. The van der Waals surface area contributed by atoms with E-state index in [4.69, 9.17) is 0 Å². The minimum absolute atomic E-state index is 0.0635. The van der Waals surface area contributed by atoms with E-state index in [1.54, 1.807) is 26.2 Å². The van der Waals surface area contributed by atoms with Gasteiger partial charge < -0.3 is 10.2 Å². The van der Waals surface area contributed by atoms with Crippen LogP contribution in [0.5, 0.6) is 0 Å². The van der Waals surface area contributed by atoms with Crippen LogP contribution in [0, 0.1) is 0 Å². The second-order valence-electron chi connectivity index (χ2n) is 4.96. The fraction of sp³-hybridized carbons (Fsp3) is 0.500. The van der Waals surface area contributed by atoms with Crippen molar-refractivity contribution in [2.45, 2.75) is 24.8 Å². The number of nitrogens with zero attached hydrogens (tertiary/aromatic N) is 1. The molecule has 1 amide bonds. The van der Waals surface area contributed by atoms with Gasteiger partial charge in [0.05, 0.1) is 11.4 Å². The van der Waals surface area contributed by atoms with Crippen molar-refractivity contribution >= 4 is 15.9 Å². The van der Waals surface area contributed by atoms with E-state index in [9.17, 15) is 13.2 Å². The molecule has 2 N–H and O–H groups in total. The van der Waals surface area contributed by atoms with Crippen LogP contribution in [0.3, 0.4) is 0 Å². The highest BCUT2D eigenvalue weighted by molar-refractivity contribution is 7.89. The molecule has 0 aliphatic rings. The number of likely N-dealkylation sites (N-methyl/N-ethyl adjacent to an activating group) is 1. The number of nitrogens with one attached hydrogen (secondary N) is 2. The van der Waals surface area contributed by atoms with Crippen LogP contribution in [0.4, 0.5) is 0 Å². The summed E-state index contributed by atoms with van der Waals surface area (Å²) in [5.74, 6) is -0.296. The van der Waals surface area contributed by atoms with Crippen molar-refractivity contribution in [2.24, 2.45) is 0 Å². The molecule has 0 saturated heterocycles. The number of hydrogen-bond donors (Lipinski definition) is 2. The van der Waals surface area contributed by atoms with E-state index in [-0.39, 0.29) is 23.4 Å². The Morgan fingerprint density at radius 3 is 2.57 bits per heavy atom. The molecule has 0 fully saturated rings. The number of rotatable bonds is 7. The summed E-state index contributed by atoms with van der Waals surface area (Å²) in [6, 6.07) is 6.78. The summed E-state index contributed by atoms with van der Waals surface area (Å²) in [7, 11) is -0.528. The molecule has 1 atom stereocenters. The Bertz CT molecular complexity index is 585. The molecule has 0 heterocycles. The fourth-order valence-electron chi connectivity index (χ4n) is 1.77. The van der Waals surface area contributed by atoms with Gasteiger partial charge in [0.15, 0.2) is 0 Å². The van der Waals surface area contributed by atoms with Crippen LogP contribution < -0.4 is 10.0 Å². The zero-order valence-electron chi connectivity index (χ0n) is 12.9. The quantitative estimate of drug-likeness (QED) is 0.777. The Morgan fingerprint density at radius 1 is 1.33 bits per heavy atom. The first-order valence-electron chi connectivity index (χ1n) is 6.81. The molecule has 6 nitrogen and oxygen atoms in total. The topological polar surface area (TPSA) is 78.5 Å². The molecule has 0 spiro atoms. The zero-order valence-corrected chi connectivity index (χ0v) is 13.7. The minimum atomic E-state index is -3.69. The highest BCUT2D eigenvalue weighted by Crippen LogP contribution is 2.17. The lowest BCUT2D eigenvalue weighted by Gasteiger charge is -2.15. The van der Waals surface area contributed by atoms with E-state index in [0.717, 1.165) is 12.1 Å². The number of amides is 1. The van der Waals surface area contributed by atoms with Gasteiger partial charge in [-0.2, -0.15) is 0 Å². The molecule has 7 heteroatoms. The Kier molecular flexibility index (Phi) is 6.32. The average molecular weight is 313 g/mol. The lowest BCUT2D eigenvalue weighted by Crippen LogP contribution is -2.36. The predicted molar refractivity (Wildman–Crippen MR) is 82.4 cm³/mol. The molecule has 118 valence electrons. The number of benzene rings is 1. The molecular weight excluding hydrogens is 290 g/mol. The van der Waals surface area contributed by atoms with Gasteiger partial charge in [-0.1, -0.05) is 19.1 Å². The monoisotopic (exact) mass is 313 g/mol. The van der Waals surface area contributed by atoms with Gasteiger partial charge in [-0.15, -0.1) is 0 Å². The molecule has 1 aromatic rings. The first-order valence-corrected chi connectivity index (χ1v) is 8.29. The molecule has 0 aliphatic heterocycles. The van der Waals surface area contributed by atoms with Crippen molar-refractivity contribution in [3.05, 3.63) is 29.8 Å². The fourth-order valence-corrected chi connectivity index (χ4v) is 2.80. The van der Waals surface area contributed by atoms with Crippen molar-refractivity contribution in [1.29, 1.82) is 0 Å². The normalized spacial score (nSPS) is 13.0. The second-order valence-corrected chi connectivity index (χ2v) is 6.73. The van der Waals surface area contributed by atoms with E-state index in [2.05, 4.69) is 10.0 Å². The summed E-state index contributed by atoms with van der Waals surface area (Å²) in [6.07, 6.45) is 0. The maximum absolute atomic E-state index is 12.2. The zero-order chi connectivity index (χ0) is 16.0. The molecule has 0 bridgehead atoms. The number of sulfonamides is 1. The number of carbonyl (C=O) groups is 1. The average Bonchev–Trinajstić information content (AvgIpc) is 2.45. The predicted octanol–water partition coefficient (Wildman–Crippen LogP) is 0.724. The van der Waals surface area contributed by atoms with E-state index in [0.29, 0.717) is 0 Å². The van der Waals surface area contributed by atoms with Crippen LogP contribution in [0.2, 0.25) is 0 Å². The molecular formula is C14H23N3O3S. The number of hydrogen-bond acceptors (Lipinski definition) is 4. The maximum atomic E-state index is 12.2. The third-order valence-electron chi connectivity index (χ3n) is 3.09. The lowest BCUT2D eigenvalue weighted by molar-refractivity contribution is -0.127. The van der Waals surface area contributed by atoms with Gasteiger partial charge in [0.25, 0.3) is 0 Å². The molecule has 0 saturated carbocycles. The van der Waals surface area contributed by atoms with Crippen LogP contribution in [-0.4, -0.2) is 46.4 Å². The Balaban J connectivity index is 2.88. The summed E-state index contributed by atoms with van der Waals surface area (Å²) in [5.41, 5.74) is 0.888. The molecule has 1 aromatic carbocycles. The lowest BCUT2D eigenvalue weighted by atomic mass is 10.1. The standard InChI is InChI=1S/C14H23N3O3S/c1-5-15-11(2)12-7-6-8-13(9-12)21(19,20)16-10-14(18)17(3)4/h6-9,11,15-16H,5,10H2,1-4H3. The summed E-state index contributed by atoms with van der Waals surface area (Å²) in [6.45, 7) is 4.51. The van der Waals surface area contributed by atoms with Crippen molar-refractivity contribution < 1.29 is 13.2 Å². The van der Waals surface area contributed by atoms with Crippen LogP contribution in [0.25, 0.3) is 0 Å². The molecule has 0 aliphatic carbocycles. The highest BCUT2D eigenvalue weighted by atomic mass is 32.2. The van der Waals surface area contributed by atoms with Gasteiger partial charge in [-0.05, 0) is 31.2 Å². The van der Waals surface area contributed by atoms with Crippen molar-refractivity contribution in [3.8, 4) is 0 Å². The van der Waals surface area contributed by atoms with Crippen LogP contribution in [0.15, 0.2) is 29.2 Å². The van der Waals surface area contributed by atoms with E-state index >= 15 is 0 Å². The van der Waals surface area contributed by atoms with Crippen LogP contribution in [0.1, 0.15) is 25.5 Å². The van der Waals surface area contributed by atoms with Gasteiger partial charge in [-0.3, -0.25) is 4.79 Å². The molecule has 1 unspecified atom stereocenters. The Labute approximate surface area is 126 Å². The van der Waals surface area contributed by atoms with Gasteiger partial charge >= 0.3 is 0 Å². The van der Waals surface area contributed by atoms with Crippen molar-refractivity contribution in [1.82, 2.24) is 14.9 Å². The van der Waals surface area contributed by atoms with E-state index in [1.165, 1.54) is 11.0 Å². The van der Waals surface area contributed by atoms with Gasteiger partial charge in [0, 0.05) is 20.1 Å². The third kappa shape index (κ3) is 5.11. The Morgan fingerprint density at radius 2 is 2.00 bits per heavy atom. The maximum Gasteiger partial charge on any atom is 0.241 e. The van der Waals surface area contributed by atoms with Gasteiger partial charge in [0.1, 0.15) is 0 Å². The summed E-state index contributed by atoms with van der Waals surface area (Å²) in [5, 5.41) is 3.23. The molecule has 0 radical (unpaired) electrons. The van der Waals surface area contributed by atoms with Crippen molar-refractivity contribution in [2.75, 3.05) is 27.2 Å². The minimum Gasteiger partial charge on any atom is -0.348 e. The smallest absolute Gasteiger partial charge is 0.241 e. The SMILES string of the molecule is CCNC(C)c1cccc(S(=O)(=O)NCC(=O)N(C)C)c1. The number of carbonyl (C=O) groups excluding carboxylic acids is 1. The van der Waals surface area contributed by atoms with E-state index < -0.39 is 10.0 Å². The largest absolute Gasteiger partial charge is 0.348 e. The first kappa shape index (κ1) is 17.6. The molecule has 1 rings (SSSR count). The third-order valence-corrected chi connectivity index (χ3v) is 4.49. The van der Waals surface area contributed by atoms with E-state index in [1.807, 2.05) is 19.9 Å². The summed E-state index contributed by atoms with van der Waals surface area (Å²) in [4.78, 5) is 13.0. The summed E-state index contributed by atoms with van der Waals surface area (Å²) >= 11 is 0. The molecule has 21 heavy (non-hydrogen) atoms. The highest BCUT2D eigenvalue weighted by Gasteiger charge is 2.17. The van der Waals surface area contributed by atoms with Gasteiger partial charge in [-0.25, -0.2) is 13.1 Å². The molecule has 0 aromatic heterocycles. The van der Waals surface area contributed by atoms with Crippen LogP contribution >= 0.6 is 0 Å². The second kappa shape index (κ2) is 7.53. The van der Waals surface area contributed by atoms with Gasteiger partial charge in [0.2, 0.25) is 15.9 Å².